The number of nitrogens with zero attached hydrogens (tertiary/aromatic N) is 2. The number of hydrogen-bond donors (Lipinski definition) is 1. The second kappa shape index (κ2) is 6.30. The SMILES string of the molecule is C[C@@]1(c2cc(-c3cc(Cl)cnc3F)ccc2Cl)CCSC(N)=N1. The highest BCUT2D eigenvalue weighted by molar-refractivity contribution is 8.13. The van der Waals surface area contributed by atoms with Crippen LogP contribution in [0.25, 0.3) is 11.1 Å². The number of pyridine rings is 1. The number of halogens is 3. The second-order valence-corrected chi connectivity index (χ2v) is 7.47. The van der Waals surface area contributed by atoms with Gasteiger partial charge in [0.1, 0.15) is 0 Å². The number of nitrogens with two attached hydrogens (primary N) is 1. The Balaban J connectivity index is 2.13. The average molecular weight is 370 g/mol. The molecule has 0 saturated carbocycles. The van der Waals surface area contributed by atoms with Gasteiger partial charge < -0.3 is 5.73 Å². The van der Waals surface area contributed by atoms with Crippen LogP contribution < -0.4 is 5.73 Å². The number of aromatic nitrogens is 1. The molecule has 3 nitrogen and oxygen atoms in total. The van der Waals surface area contributed by atoms with Gasteiger partial charge in [0.05, 0.1) is 10.6 Å². The molecule has 0 fully saturated rings. The molecule has 7 heteroatoms. The Bertz CT molecular complexity index is 797. The molecule has 0 saturated heterocycles. The van der Waals surface area contributed by atoms with E-state index >= 15 is 0 Å². The van der Waals surface area contributed by atoms with Crippen LogP contribution in [0.2, 0.25) is 10.0 Å². The summed E-state index contributed by atoms with van der Waals surface area (Å²) in [6.45, 7) is 1.98. The quantitative estimate of drug-likeness (QED) is 0.768. The number of benzene rings is 1. The summed E-state index contributed by atoms with van der Waals surface area (Å²) in [6.07, 6.45) is 2.08. The van der Waals surface area contributed by atoms with E-state index in [1.807, 2.05) is 13.0 Å². The molecule has 0 radical (unpaired) electrons. The van der Waals surface area contributed by atoms with Gasteiger partial charge in [-0.25, -0.2) is 4.98 Å². The molecule has 0 unspecified atom stereocenters. The molecular formula is C16H14Cl2FN3S. The van der Waals surface area contributed by atoms with E-state index < -0.39 is 11.5 Å². The molecule has 3 rings (SSSR count). The Morgan fingerprint density at radius 3 is 2.83 bits per heavy atom. The van der Waals surface area contributed by atoms with Crippen LogP contribution in [0.1, 0.15) is 18.9 Å². The Kier molecular flexibility index (Phi) is 4.54. The van der Waals surface area contributed by atoms with E-state index in [0.29, 0.717) is 26.3 Å². The molecule has 1 aromatic heterocycles. The van der Waals surface area contributed by atoms with Crippen LogP contribution in [-0.4, -0.2) is 15.9 Å². The number of hydrogen-bond acceptors (Lipinski definition) is 4. The maximum Gasteiger partial charge on any atom is 0.220 e. The lowest BCUT2D eigenvalue weighted by molar-refractivity contribution is 0.482. The molecule has 23 heavy (non-hydrogen) atoms. The zero-order chi connectivity index (χ0) is 16.6. The van der Waals surface area contributed by atoms with Crippen LogP contribution in [0.15, 0.2) is 35.5 Å². The van der Waals surface area contributed by atoms with Crippen LogP contribution in [-0.2, 0) is 5.54 Å². The highest BCUT2D eigenvalue weighted by atomic mass is 35.5. The third-order valence-corrected chi connectivity index (χ3v) is 5.19. The predicted molar refractivity (Wildman–Crippen MR) is 95.7 cm³/mol. The Morgan fingerprint density at radius 2 is 2.09 bits per heavy atom. The Labute approximate surface area is 148 Å². The monoisotopic (exact) mass is 369 g/mol. The number of amidine groups is 1. The summed E-state index contributed by atoms with van der Waals surface area (Å²) in [7, 11) is 0. The van der Waals surface area contributed by atoms with Crippen LogP contribution >= 0.6 is 35.0 Å². The summed E-state index contributed by atoms with van der Waals surface area (Å²) in [4.78, 5) is 8.22. The van der Waals surface area contributed by atoms with Crippen LogP contribution in [0.4, 0.5) is 4.39 Å². The fraction of sp³-hybridized carbons (Fsp3) is 0.250. The highest BCUT2D eigenvalue weighted by Gasteiger charge is 2.31. The lowest BCUT2D eigenvalue weighted by atomic mass is 9.88. The number of rotatable bonds is 2. The maximum absolute atomic E-state index is 14.0. The normalized spacial score (nSPS) is 21.1. The number of thioether (sulfide) groups is 1. The van der Waals surface area contributed by atoms with Crippen LogP contribution in [0.5, 0.6) is 0 Å². The largest absolute Gasteiger partial charge is 0.379 e. The average Bonchev–Trinajstić information content (AvgIpc) is 2.50. The first-order valence-corrected chi connectivity index (χ1v) is 8.73. The molecule has 120 valence electrons. The van der Waals surface area contributed by atoms with Gasteiger partial charge in [-0.1, -0.05) is 41.0 Å². The van der Waals surface area contributed by atoms with Crippen molar-refractivity contribution in [1.29, 1.82) is 0 Å². The van der Waals surface area contributed by atoms with E-state index in [9.17, 15) is 4.39 Å². The van der Waals surface area contributed by atoms with Crippen molar-refractivity contribution in [3.05, 3.63) is 52.0 Å². The predicted octanol–water partition coefficient (Wildman–Crippen LogP) is 4.86. The summed E-state index contributed by atoms with van der Waals surface area (Å²) in [5.41, 5.74) is 7.16. The van der Waals surface area contributed by atoms with Crippen molar-refractivity contribution in [2.45, 2.75) is 18.9 Å². The molecule has 1 aliphatic heterocycles. The van der Waals surface area contributed by atoms with E-state index in [1.54, 1.807) is 18.2 Å². The lowest BCUT2D eigenvalue weighted by Gasteiger charge is -2.30. The van der Waals surface area contributed by atoms with E-state index in [2.05, 4.69) is 9.98 Å². The summed E-state index contributed by atoms with van der Waals surface area (Å²) >= 11 is 13.8. The van der Waals surface area contributed by atoms with Gasteiger partial charge >= 0.3 is 0 Å². The summed E-state index contributed by atoms with van der Waals surface area (Å²) in [5.74, 6) is 0.287. The van der Waals surface area contributed by atoms with Gasteiger partial charge in [-0.2, -0.15) is 4.39 Å². The molecule has 1 atom stereocenters. The zero-order valence-corrected chi connectivity index (χ0v) is 14.6. The van der Waals surface area contributed by atoms with Crippen LogP contribution in [0, 0.1) is 5.95 Å². The van der Waals surface area contributed by atoms with Crippen molar-refractivity contribution in [2.24, 2.45) is 10.7 Å². The first kappa shape index (κ1) is 16.6. The molecule has 2 N–H and O–H groups in total. The molecule has 2 heterocycles. The maximum atomic E-state index is 14.0. The lowest BCUT2D eigenvalue weighted by Crippen LogP contribution is -2.29. The molecule has 1 aliphatic rings. The minimum absolute atomic E-state index is 0.334. The minimum Gasteiger partial charge on any atom is -0.379 e. The van der Waals surface area contributed by atoms with Gasteiger partial charge in [0.15, 0.2) is 5.17 Å². The molecule has 0 amide bonds. The third-order valence-electron chi connectivity index (χ3n) is 3.86. The number of aliphatic imine (C=N–C) groups is 1. The van der Waals surface area contributed by atoms with Crippen molar-refractivity contribution in [3.63, 3.8) is 0 Å². The molecule has 0 spiro atoms. The smallest absolute Gasteiger partial charge is 0.220 e. The van der Waals surface area contributed by atoms with E-state index in [-0.39, 0.29) is 0 Å². The van der Waals surface area contributed by atoms with Gasteiger partial charge in [-0.15, -0.1) is 0 Å². The fourth-order valence-electron chi connectivity index (χ4n) is 2.61. The van der Waals surface area contributed by atoms with Crippen molar-refractivity contribution < 1.29 is 4.39 Å². The standard InChI is InChI=1S/C16H14Cl2FN3S/c1-16(4-5-23-15(20)22-16)12-6-9(2-3-13(12)18)11-7-10(17)8-21-14(11)19/h2-3,6-8H,4-5H2,1H3,(H2,20,22)/t16-/m0/s1. The van der Waals surface area contributed by atoms with Gasteiger partial charge in [-0.3, -0.25) is 4.99 Å². The van der Waals surface area contributed by atoms with Gasteiger partial charge in [0, 0.05) is 22.5 Å². The van der Waals surface area contributed by atoms with Crippen LogP contribution in [0.3, 0.4) is 0 Å². The minimum atomic E-state index is -0.574. The summed E-state index contributed by atoms with van der Waals surface area (Å²) in [5, 5.41) is 1.49. The van der Waals surface area contributed by atoms with E-state index in [1.165, 1.54) is 18.0 Å². The molecule has 2 aromatic rings. The molecule has 0 aliphatic carbocycles. The van der Waals surface area contributed by atoms with Crippen molar-refractivity contribution in [1.82, 2.24) is 4.98 Å². The third kappa shape index (κ3) is 3.32. The summed E-state index contributed by atoms with van der Waals surface area (Å²) in [6, 6.07) is 6.88. The first-order chi connectivity index (χ1) is 10.9. The Morgan fingerprint density at radius 1 is 1.30 bits per heavy atom. The Hall–Kier alpha value is -1.30. The van der Waals surface area contributed by atoms with E-state index in [4.69, 9.17) is 28.9 Å². The molecule has 1 aromatic carbocycles. The second-order valence-electron chi connectivity index (χ2n) is 5.51. The van der Waals surface area contributed by atoms with E-state index in [0.717, 1.165) is 17.7 Å². The van der Waals surface area contributed by atoms with Crippen molar-refractivity contribution in [3.8, 4) is 11.1 Å². The van der Waals surface area contributed by atoms with Gasteiger partial charge in [0.25, 0.3) is 0 Å². The molecule has 0 bridgehead atoms. The molecular weight excluding hydrogens is 356 g/mol. The van der Waals surface area contributed by atoms with Gasteiger partial charge in [0.2, 0.25) is 5.95 Å². The van der Waals surface area contributed by atoms with Crippen molar-refractivity contribution >= 4 is 40.1 Å². The first-order valence-electron chi connectivity index (χ1n) is 6.99. The van der Waals surface area contributed by atoms with Gasteiger partial charge in [-0.05, 0) is 42.7 Å². The highest BCUT2D eigenvalue weighted by Crippen LogP contribution is 2.40. The topological polar surface area (TPSA) is 51.3 Å². The summed E-state index contributed by atoms with van der Waals surface area (Å²) < 4.78 is 14.0. The zero-order valence-electron chi connectivity index (χ0n) is 12.3. The fourth-order valence-corrected chi connectivity index (χ4v) is 4.06. The van der Waals surface area contributed by atoms with Crippen molar-refractivity contribution in [2.75, 3.05) is 5.75 Å².